The van der Waals surface area contributed by atoms with E-state index in [2.05, 4.69) is 29.9 Å². The Morgan fingerprint density at radius 2 is 2.06 bits per heavy atom. The number of para-hydroxylation sites is 1. The van der Waals surface area contributed by atoms with Crippen LogP contribution in [0.2, 0.25) is 0 Å². The lowest BCUT2D eigenvalue weighted by Gasteiger charge is -2.14. The Balaban J connectivity index is 2.29. The summed E-state index contributed by atoms with van der Waals surface area (Å²) in [4.78, 5) is 8.05. The lowest BCUT2D eigenvalue weighted by Crippen LogP contribution is -1.99. The first kappa shape index (κ1) is 12.4. The number of anilines is 1. The third-order valence-electron chi connectivity index (χ3n) is 2.91. The summed E-state index contributed by atoms with van der Waals surface area (Å²) >= 11 is 0. The standard InChI is InChI=1S/C14H17N3O/c1-3-10(2)11-6-4-5-7-12(11)18-14-9-16-8-13(15)17-14/h4-10H,3H2,1-2H3,(H2,15,17). The molecular formula is C14H17N3O. The van der Waals surface area contributed by atoms with Crippen LogP contribution in [0.5, 0.6) is 11.6 Å². The molecule has 0 saturated carbocycles. The maximum absolute atomic E-state index is 5.76. The molecule has 1 aromatic carbocycles. The van der Waals surface area contributed by atoms with Crippen molar-refractivity contribution in [1.82, 2.24) is 9.97 Å². The molecule has 2 rings (SSSR count). The van der Waals surface area contributed by atoms with Gasteiger partial charge < -0.3 is 10.5 Å². The van der Waals surface area contributed by atoms with E-state index in [-0.39, 0.29) is 0 Å². The number of benzene rings is 1. The van der Waals surface area contributed by atoms with Gasteiger partial charge in [0.05, 0.1) is 12.4 Å². The highest BCUT2D eigenvalue weighted by Gasteiger charge is 2.10. The first-order chi connectivity index (χ1) is 8.70. The summed E-state index contributed by atoms with van der Waals surface area (Å²) in [6.07, 6.45) is 4.11. The summed E-state index contributed by atoms with van der Waals surface area (Å²) in [5.74, 6) is 2.03. The Kier molecular flexibility index (Phi) is 3.77. The first-order valence-electron chi connectivity index (χ1n) is 6.05. The maximum Gasteiger partial charge on any atom is 0.239 e. The molecule has 94 valence electrons. The fraction of sp³-hybridized carbons (Fsp3) is 0.286. The molecule has 2 aromatic rings. The summed E-state index contributed by atoms with van der Waals surface area (Å²) in [6, 6.07) is 7.97. The third kappa shape index (κ3) is 2.77. The number of hydrogen-bond donors (Lipinski definition) is 1. The molecule has 1 unspecified atom stereocenters. The van der Waals surface area contributed by atoms with Gasteiger partial charge in [-0.1, -0.05) is 32.0 Å². The molecule has 4 heteroatoms. The van der Waals surface area contributed by atoms with Crippen molar-refractivity contribution in [3.63, 3.8) is 0 Å². The van der Waals surface area contributed by atoms with E-state index >= 15 is 0 Å². The molecule has 1 atom stereocenters. The Hall–Kier alpha value is -2.10. The molecule has 0 spiro atoms. The normalized spacial score (nSPS) is 12.1. The van der Waals surface area contributed by atoms with Crippen LogP contribution in [0.25, 0.3) is 0 Å². The Bertz CT molecular complexity index is 528. The minimum absolute atomic E-state index is 0.355. The second-order valence-corrected chi connectivity index (χ2v) is 4.23. The summed E-state index contributed by atoms with van der Waals surface area (Å²) in [5, 5.41) is 0. The van der Waals surface area contributed by atoms with Crippen molar-refractivity contribution in [1.29, 1.82) is 0 Å². The number of ether oxygens (including phenoxy) is 1. The minimum Gasteiger partial charge on any atom is -0.437 e. The first-order valence-corrected chi connectivity index (χ1v) is 6.05. The molecule has 0 saturated heterocycles. The number of nitrogens with two attached hydrogens (primary N) is 1. The smallest absolute Gasteiger partial charge is 0.239 e. The van der Waals surface area contributed by atoms with Gasteiger partial charge in [0.15, 0.2) is 0 Å². The van der Waals surface area contributed by atoms with Gasteiger partial charge in [-0.2, -0.15) is 4.98 Å². The highest BCUT2D eigenvalue weighted by Crippen LogP contribution is 2.31. The molecule has 1 heterocycles. The minimum atomic E-state index is 0.355. The van der Waals surface area contributed by atoms with Gasteiger partial charge in [0, 0.05) is 0 Å². The van der Waals surface area contributed by atoms with Crippen LogP contribution in [-0.4, -0.2) is 9.97 Å². The van der Waals surface area contributed by atoms with E-state index in [0.717, 1.165) is 12.2 Å². The molecule has 0 bridgehead atoms. The fourth-order valence-electron chi connectivity index (χ4n) is 1.72. The SMILES string of the molecule is CCC(C)c1ccccc1Oc1cncc(N)n1. The molecule has 18 heavy (non-hydrogen) atoms. The average Bonchev–Trinajstić information content (AvgIpc) is 2.38. The zero-order valence-corrected chi connectivity index (χ0v) is 10.6. The topological polar surface area (TPSA) is 61.0 Å². The molecule has 1 aromatic heterocycles. The van der Waals surface area contributed by atoms with Crippen LogP contribution in [0, 0.1) is 0 Å². The van der Waals surface area contributed by atoms with E-state index in [1.165, 1.54) is 11.8 Å². The number of nitrogens with zero attached hydrogens (tertiary/aromatic N) is 2. The predicted molar refractivity (Wildman–Crippen MR) is 71.7 cm³/mol. The van der Waals surface area contributed by atoms with Crippen LogP contribution in [0.15, 0.2) is 36.7 Å². The highest BCUT2D eigenvalue weighted by molar-refractivity contribution is 5.38. The largest absolute Gasteiger partial charge is 0.437 e. The van der Waals surface area contributed by atoms with E-state index in [0.29, 0.717) is 17.6 Å². The van der Waals surface area contributed by atoms with Gasteiger partial charge in [-0.25, -0.2) is 0 Å². The monoisotopic (exact) mass is 243 g/mol. The molecule has 0 aliphatic rings. The number of aromatic nitrogens is 2. The highest BCUT2D eigenvalue weighted by atomic mass is 16.5. The quantitative estimate of drug-likeness (QED) is 0.894. The third-order valence-corrected chi connectivity index (χ3v) is 2.91. The maximum atomic E-state index is 5.76. The molecule has 0 radical (unpaired) electrons. The molecule has 0 amide bonds. The van der Waals surface area contributed by atoms with Gasteiger partial charge in [0.1, 0.15) is 11.6 Å². The van der Waals surface area contributed by atoms with Gasteiger partial charge in [0.25, 0.3) is 0 Å². The number of hydrogen-bond acceptors (Lipinski definition) is 4. The van der Waals surface area contributed by atoms with Crippen molar-refractivity contribution in [2.45, 2.75) is 26.2 Å². The van der Waals surface area contributed by atoms with Crippen LogP contribution in [0.4, 0.5) is 5.82 Å². The summed E-state index contributed by atoms with van der Waals surface area (Å²) in [7, 11) is 0. The van der Waals surface area contributed by atoms with Crippen molar-refractivity contribution in [3.8, 4) is 11.6 Å². The zero-order chi connectivity index (χ0) is 13.0. The summed E-state index contributed by atoms with van der Waals surface area (Å²) < 4.78 is 5.76. The second kappa shape index (κ2) is 5.49. The Morgan fingerprint density at radius 3 is 2.78 bits per heavy atom. The van der Waals surface area contributed by atoms with Crippen molar-refractivity contribution >= 4 is 5.82 Å². The van der Waals surface area contributed by atoms with E-state index in [1.54, 1.807) is 6.20 Å². The van der Waals surface area contributed by atoms with E-state index in [1.807, 2.05) is 18.2 Å². The van der Waals surface area contributed by atoms with Crippen LogP contribution in [0.3, 0.4) is 0 Å². The van der Waals surface area contributed by atoms with Gasteiger partial charge in [-0.15, -0.1) is 0 Å². The Labute approximate surface area is 107 Å². The van der Waals surface area contributed by atoms with Gasteiger partial charge in [-0.05, 0) is 24.0 Å². The average molecular weight is 243 g/mol. The molecule has 0 fully saturated rings. The fourth-order valence-corrected chi connectivity index (χ4v) is 1.72. The summed E-state index contributed by atoms with van der Waals surface area (Å²) in [6.45, 7) is 4.33. The second-order valence-electron chi connectivity index (χ2n) is 4.23. The lowest BCUT2D eigenvalue weighted by atomic mass is 9.98. The van der Waals surface area contributed by atoms with E-state index < -0.39 is 0 Å². The van der Waals surface area contributed by atoms with Gasteiger partial charge in [0.2, 0.25) is 5.88 Å². The molecule has 0 aliphatic heterocycles. The molecular weight excluding hydrogens is 226 g/mol. The van der Waals surface area contributed by atoms with Crippen LogP contribution in [0.1, 0.15) is 31.7 Å². The van der Waals surface area contributed by atoms with Gasteiger partial charge in [-0.3, -0.25) is 4.98 Å². The lowest BCUT2D eigenvalue weighted by molar-refractivity contribution is 0.450. The molecule has 2 N–H and O–H groups in total. The number of rotatable bonds is 4. The Morgan fingerprint density at radius 1 is 1.28 bits per heavy atom. The molecule has 0 aliphatic carbocycles. The summed E-state index contributed by atoms with van der Waals surface area (Å²) in [5.41, 5.74) is 6.75. The molecule has 4 nitrogen and oxygen atoms in total. The van der Waals surface area contributed by atoms with Crippen molar-refractivity contribution < 1.29 is 4.74 Å². The number of nitrogen functional groups attached to an aromatic ring is 1. The van der Waals surface area contributed by atoms with Crippen LogP contribution >= 0.6 is 0 Å². The van der Waals surface area contributed by atoms with Crippen LogP contribution in [-0.2, 0) is 0 Å². The van der Waals surface area contributed by atoms with Crippen molar-refractivity contribution in [2.75, 3.05) is 5.73 Å². The zero-order valence-electron chi connectivity index (χ0n) is 10.6. The van der Waals surface area contributed by atoms with E-state index in [4.69, 9.17) is 10.5 Å². The van der Waals surface area contributed by atoms with Crippen molar-refractivity contribution in [3.05, 3.63) is 42.2 Å². The van der Waals surface area contributed by atoms with Gasteiger partial charge >= 0.3 is 0 Å². The van der Waals surface area contributed by atoms with E-state index in [9.17, 15) is 0 Å². The predicted octanol–water partition coefficient (Wildman–Crippen LogP) is 3.36. The van der Waals surface area contributed by atoms with Crippen molar-refractivity contribution in [2.24, 2.45) is 0 Å². The van der Waals surface area contributed by atoms with Crippen LogP contribution < -0.4 is 10.5 Å².